The Morgan fingerprint density at radius 2 is 1.84 bits per heavy atom. The molecule has 1 aromatic heterocycles. The number of benzene rings is 2. The average Bonchev–Trinajstić information content (AvgIpc) is 2.89. The van der Waals surface area contributed by atoms with Gasteiger partial charge in [0, 0.05) is 29.2 Å². The van der Waals surface area contributed by atoms with E-state index in [4.69, 9.17) is 9.15 Å². The van der Waals surface area contributed by atoms with Crippen LogP contribution in [0.15, 0.2) is 69.2 Å². The lowest BCUT2D eigenvalue weighted by Crippen LogP contribution is -2.17. The Bertz CT molecular complexity index is 1300. The van der Waals surface area contributed by atoms with Crippen LogP contribution >= 0.6 is 11.8 Å². The summed E-state index contributed by atoms with van der Waals surface area (Å²) in [5, 5.41) is 0.819. The van der Waals surface area contributed by atoms with Crippen LogP contribution in [0, 0.1) is 6.92 Å². The summed E-state index contributed by atoms with van der Waals surface area (Å²) in [4.78, 5) is 24.7. The Kier molecular flexibility index (Phi) is 11.1. The highest BCUT2D eigenvalue weighted by molar-refractivity contribution is 7.99. The van der Waals surface area contributed by atoms with E-state index in [1.807, 2.05) is 31.2 Å². The Labute approximate surface area is 227 Å². The van der Waals surface area contributed by atoms with Crippen LogP contribution in [-0.2, 0) is 16.0 Å². The van der Waals surface area contributed by atoms with Gasteiger partial charge < -0.3 is 9.15 Å². The number of alkyl halides is 2. The second-order valence-corrected chi connectivity index (χ2v) is 10.7. The molecule has 0 unspecified atom stereocenters. The molecule has 0 radical (unpaired) electrons. The third-order valence-electron chi connectivity index (χ3n) is 6.41. The molecular formula is C31H36F2O4S. The lowest BCUT2D eigenvalue weighted by molar-refractivity contribution is -0.138. The first kappa shape index (κ1) is 29.6. The number of hydrogen-bond acceptors (Lipinski definition) is 5. The van der Waals surface area contributed by atoms with Crippen molar-refractivity contribution in [3.05, 3.63) is 76.7 Å². The van der Waals surface area contributed by atoms with E-state index in [1.165, 1.54) is 30.2 Å². The molecule has 38 heavy (non-hydrogen) atoms. The van der Waals surface area contributed by atoms with Crippen LogP contribution in [0.1, 0.15) is 63.0 Å². The Morgan fingerprint density at radius 1 is 1.05 bits per heavy atom. The Balaban J connectivity index is 1.57. The first-order chi connectivity index (χ1) is 18.2. The number of halogens is 2. The maximum atomic E-state index is 14.1. The summed E-state index contributed by atoms with van der Waals surface area (Å²) in [5.74, 6) is -2.90. The smallest absolute Gasteiger partial charge is 0.344 e. The van der Waals surface area contributed by atoms with Gasteiger partial charge in [0.05, 0.1) is 12.2 Å². The van der Waals surface area contributed by atoms with Gasteiger partial charge in [-0.15, -0.1) is 11.8 Å². The molecule has 0 aliphatic rings. The minimum absolute atomic E-state index is 0.0386. The molecule has 1 heterocycles. The topological polar surface area (TPSA) is 56.5 Å². The molecule has 0 N–H and O–H groups in total. The van der Waals surface area contributed by atoms with Crippen molar-refractivity contribution in [1.29, 1.82) is 0 Å². The van der Waals surface area contributed by atoms with E-state index in [0.717, 1.165) is 40.3 Å². The minimum atomic E-state index is -2.81. The highest BCUT2D eigenvalue weighted by Gasteiger charge is 2.27. The van der Waals surface area contributed by atoms with Crippen molar-refractivity contribution >= 4 is 28.7 Å². The first-order valence-electron chi connectivity index (χ1n) is 13.2. The van der Waals surface area contributed by atoms with Crippen molar-refractivity contribution in [2.24, 2.45) is 0 Å². The maximum absolute atomic E-state index is 14.1. The third-order valence-corrected chi connectivity index (χ3v) is 7.49. The van der Waals surface area contributed by atoms with Gasteiger partial charge in [0.1, 0.15) is 5.58 Å². The van der Waals surface area contributed by atoms with Gasteiger partial charge >= 0.3 is 11.6 Å². The van der Waals surface area contributed by atoms with Crippen LogP contribution < -0.4 is 5.63 Å². The van der Waals surface area contributed by atoms with E-state index in [1.54, 1.807) is 6.07 Å². The second kappa shape index (κ2) is 14.3. The lowest BCUT2D eigenvalue weighted by atomic mass is 9.97. The first-order valence-corrected chi connectivity index (χ1v) is 14.2. The summed E-state index contributed by atoms with van der Waals surface area (Å²) in [6, 6.07) is 13.7. The van der Waals surface area contributed by atoms with Crippen molar-refractivity contribution in [3.63, 3.8) is 0 Å². The highest BCUT2D eigenvalue weighted by Crippen LogP contribution is 2.31. The monoisotopic (exact) mass is 542 g/mol. The minimum Gasteiger partial charge on any atom is -0.463 e. The number of hydrogen-bond donors (Lipinski definition) is 0. The van der Waals surface area contributed by atoms with Gasteiger partial charge in [-0.1, -0.05) is 50.6 Å². The van der Waals surface area contributed by atoms with E-state index in [9.17, 15) is 18.4 Å². The van der Waals surface area contributed by atoms with E-state index in [2.05, 4.69) is 25.6 Å². The van der Waals surface area contributed by atoms with Gasteiger partial charge in [0.2, 0.25) is 5.92 Å². The molecule has 3 aromatic rings. The number of unbranched alkanes of at least 4 members (excludes halogenated alkanes) is 2. The van der Waals surface area contributed by atoms with Crippen LogP contribution in [0.25, 0.3) is 22.1 Å². The van der Waals surface area contributed by atoms with Gasteiger partial charge in [-0.3, -0.25) is 0 Å². The number of esters is 1. The highest BCUT2D eigenvalue weighted by atomic mass is 32.2. The van der Waals surface area contributed by atoms with E-state index < -0.39 is 11.9 Å². The number of thioether (sulfide) groups is 1. The van der Waals surface area contributed by atoms with E-state index in [0.29, 0.717) is 23.3 Å². The molecule has 0 bridgehead atoms. The number of carbonyl (C=O) groups is 1. The van der Waals surface area contributed by atoms with E-state index in [-0.39, 0.29) is 31.5 Å². The molecule has 204 valence electrons. The predicted molar refractivity (Wildman–Crippen MR) is 151 cm³/mol. The fourth-order valence-electron chi connectivity index (χ4n) is 4.34. The molecule has 0 saturated carbocycles. The summed E-state index contributed by atoms with van der Waals surface area (Å²) in [5.41, 5.74) is 3.83. The summed E-state index contributed by atoms with van der Waals surface area (Å²) < 4.78 is 38.6. The molecule has 0 atom stereocenters. The number of carbonyl (C=O) groups excluding carboxylic acids is 1. The Morgan fingerprint density at radius 3 is 2.58 bits per heavy atom. The quantitative estimate of drug-likeness (QED) is 0.0633. The third kappa shape index (κ3) is 8.83. The molecule has 2 aromatic carbocycles. The molecule has 4 nitrogen and oxygen atoms in total. The SMILES string of the molecule is C=CC(=O)OCCCC(F)(F)CCCSc1ccc2cc(-c3ccc(CCCCC)cc3C)c(=O)oc2c1. The van der Waals surface area contributed by atoms with Crippen molar-refractivity contribution in [3.8, 4) is 11.1 Å². The zero-order chi connectivity index (χ0) is 27.5. The number of rotatable bonds is 15. The number of fused-ring (bicyclic) bond motifs is 1. The molecular weight excluding hydrogens is 506 g/mol. The van der Waals surface area contributed by atoms with Crippen molar-refractivity contribution in [2.75, 3.05) is 12.4 Å². The van der Waals surface area contributed by atoms with Crippen molar-refractivity contribution < 1.29 is 22.7 Å². The zero-order valence-electron chi connectivity index (χ0n) is 22.2. The Hall–Kier alpha value is -2.93. The van der Waals surface area contributed by atoms with Gasteiger partial charge in [0.25, 0.3) is 0 Å². The molecule has 0 amide bonds. The largest absolute Gasteiger partial charge is 0.463 e. The fraction of sp³-hybridized carbons (Fsp3) is 0.419. The van der Waals surface area contributed by atoms with Gasteiger partial charge in [0.15, 0.2) is 0 Å². The van der Waals surface area contributed by atoms with Crippen LogP contribution in [0.2, 0.25) is 0 Å². The second-order valence-electron chi connectivity index (χ2n) is 9.54. The molecule has 0 spiro atoms. The molecule has 3 rings (SSSR count). The average molecular weight is 543 g/mol. The van der Waals surface area contributed by atoms with E-state index >= 15 is 0 Å². The molecule has 0 fully saturated rings. The number of ether oxygens (including phenoxy) is 1. The van der Waals surface area contributed by atoms with Crippen LogP contribution in [0.5, 0.6) is 0 Å². The molecule has 0 aliphatic carbocycles. The maximum Gasteiger partial charge on any atom is 0.344 e. The normalized spacial score (nSPS) is 11.6. The van der Waals surface area contributed by atoms with Gasteiger partial charge in [-0.2, -0.15) is 0 Å². The van der Waals surface area contributed by atoms with Gasteiger partial charge in [-0.25, -0.2) is 18.4 Å². The van der Waals surface area contributed by atoms with Crippen molar-refractivity contribution in [1.82, 2.24) is 0 Å². The number of aryl methyl sites for hydroxylation is 2. The standard InChI is InChI=1S/C31H36F2O4S/c1-4-6-7-10-23-11-14-26(22(3)19-23)27-20-24-12-13-25(21-28(24)37-30(27)35)38-18-9-16-31(32,33)15-8-17-36-29(34)5-2/h5,11-14,19-21H,2,4,6-10,15-18H2,1,3H3. The van der Waals surface area contributed by atoms with Crippen molar-refractivity contribution in [2.45, 2.75) is 76.0 Å². The molecule has 0 saturated heterocycles. The summed E-state index contributed by atoms with van der Waals surface area (Å²) in [6.07, 6.45) is 5.47. The lowest BCUT2D eigenvalue weighted by Gasteiger charge is -2.16. The zero-order valence-corrected chi connectivity index (χ0v) is 23.0. The van der Waals surface area contributed by atoms with Gasteiger partial charge in [-0.05, 0) is 73.2 Å². The van der Waals surface area contributed by atoms with Crippen LogP contribution in [0.4, 0.5) is 8.78 Å². The fourth-order valence-corrected chi connectivity index (χ4v) is 5.22. The predicted octanol–water partition coefficient (Wildman–Crippen LogP) is 8.52. The summed E-state index contributed by atoms with van der Waals surface area (Å²) in [6.45, 7) is 7.44. The summed E-state index contributed by atoms with van der Waals surface area (Å²) in [7, 11) is 0. The van der Waals surface area contributed by atoms with Crippen LogP contribution in [0.3, 0.4) is 0 Å². The summed E-state index contributed by atoms with van der Waals surface area (Å²) >= 11 is 1.45. The molecule has 7 heteroatoms. The van der Waals surface area contributed by atoms with Crippen LogP contribution in [-0.4, -0.2) is 24.3 Å². The molecule has 0 aliphatic heterocycles.